The van der Waals surface area contributed by atoms with Gasteiger partial charge in [0.2, 0.25) is 10.0 Å². The number of rotatable bonds is 4. The number of carbonyl (C=O) groups excluding carboxylic acids is 1. The van der Waals surface area contributed by atoms with Gasteiger partial charge in [-0.1, -0.05) is 12.1 Å². The molecule has 1 N–H and O–H groups in total. The first-order chi connectivity index (χ1) is 17.4. The van der Waals surface area contributed by atoms with Gasteiger partial charge >= 0.3 is 0 Å². The van der Waals surface area contributed by atoms with Crippen LogP contribution in [0.5, 0.6) is 0 Å². The fraction of sp³-hybridized carbons (Fsp3) is 0.409. The SMILES string of the molecule is CS(=O)(=O)N1CCN(C(=O)c2nc3nc(-c4cccc5[nH]ncc45)nc(N4CCOCC4)c3s2)CC1. The number of aromatic nitrogens is 5. The summed E-state index contributed by atoms with van der Waals surface area (Å²) in [5.74, 6) is 1.02. The number of benzene rings is 1. The van der Waals surface area contributed by atoms with Crippen molar-refractivity contribution in [3.05, 3.63) is 29.4 Å². The molecule has 0 atom stereocenters. The minimum Gasteiger partial charge on any atom is -0.378 e. The van der Waals surface area contributed by atoms with E-state index in [1.807, 2.05) is 18.2 Å². The molecule has 6 rings (SSSR count). The number of fused-ring (bicyclic) bond motifs is 2. The fourth-order valence-corrected chi connectivity index (χ4v) is 6.35. The summed E-state index contributed by atoms with van der Waals surface area (Å²) in [6, 6.07) is 5.81. The van der Waals surface area contributed by atoms with E-state index in [1.165, 1.54) is 21.9 Å². The van der Waals surface area contributed by atoms with Gasteiger partial charge in [-0.2, -0.15) is 9.40 Å². The van der Waals surface area contributed by atoms with E-state index in [9.17, 15) is 13.2 Å². The Hall–Kier alpha value is -3.20. The van der Waals surface area contributed by atoms with Crippen molar-refractivity contribution < 1.29 is 17.9 Å². The van der Waals surface area contributed by atoms with Crippen molar-refractivity contribution in [1.82, 2.24) is 34.4 Å². The van der Waals surface area contributed by atoms with E-state index in [1.54, 1.807) is 11.1 Å². The van der Waals surface area contributed by atoms with E-state index in [2.05, 4.69) is 20.1 Å². The van der Waals surface area contributed by atoms with Crippen LogP contribution in [0.25, 0.3) is 32.6 Å². The third-order valence-electron chi connectivity index (χ3n) is 6.45. The van der Waals surface area contributed by atoms with Crippen LogP contribution in [-0.2, 0) is 14.8 Å². The quantitative estimate of drug-likeness (QED) is 0.414. The predicted molar refractivity (Wildman–Crippen MR) is 136 cm³/mol. The zero-order valence-corrected chi connectivity index (χ0v) is 21.2. The molecule has 0 spiro atoms. The molecule has 0 aliphatic carbocycles. The summed E-state index contributed by atoms with van der Waals surface area (Å²) in [6.45, 7) is 3.71. The van der Waals surface area contributed by atoms with E-state index in [0.29, 0.717) is 55.9 Å². The molecule has 2 fully saturated rings. The van der Waals surface area contributed by atoms with Crippen LogP contribution >= 0.6 is 11.3 Å². The average molecular weight is 529 g/mol. The maximum atomic E-state index is 13.3. The average Bonchev–Trinajstić information content (AvgIpc) is 3.55. The second-order valence-corrected chi connectivity index (χ2v) is 11.7. The molecule has 36 heavy (non-hydrogen) atoms. The summed E-state index contributed by atoms with van der Waals surface area (Å²) >= 11 is 1.27. The molecule has 12 nitrogen and oxygen atoms in total. The molecular weight excluding hydrogens is 504 g/mol. The van der Waals surface area contributed by atoms with Crippen LogP contribution in [0.3, 0.4) is 0 Å². The number of morpholine rings is 1. The molecule has 0 radical (unpaired) electrons. The molecule has 5 heterocycles. The number of carbonyl (C=O) groups is 1. The van der Waals surface area contributed by atoms with Gasteiger partial charge in [0, 0.05) is 50.2 Å². The number of anilines is 1. The highest BCUT2D eigenvalue weighted by Crippen LogP contribution is 2.34. The van der Waals surface area contributed by atoms with Gasteiger partial charge in [0.15, 0.2) is 22.3 Å². The van der Waals surface area contributed by atoms with Crippen molar-refractivity contribution in [2.24, 2.45) is 0 Å². The Labute approximate surface area is 211 Å². The molecular formula is C22H24N8O4S2. The summed E-state index contributed by atoms with van der Waals surface area (Å²) in [4.78, 5) is 31.4. The lowest BCUT2D eigenvalue weighted by molar-refractivity contribution is 0.0698. The minimum absolute atomic E-state index is 0.224. The summed E-state index contributed by atoms with van der Waals surface area (Å²) in [5.41, 5.74) is 2.17. The van der Waals surface area contributed by atoms with E-state index in [-0.39, 0.29) is 19.0 Å². The number of nitrogens with zero attached hydrogens (tertiary/aromatic N) is 7. The molecule has 1 amide bonds. The zero-order chi connectivity index (χ0) is 24.9. The number of hydrogen-bond donors (Lipinski definition) is 1. The van der Waals surface area contributed by atoms with Crippen LogP contribution in [0.4, 0.5) is 5.82 Å². The highest BCUT2D eigenvalue weighted by molar-refractivity contribution is 7.88. The Morgan fingerprint density at radius 3 is 2.58 bits per heavy atom. The third kappa shape index (κ3) is 4.19. The molecule has 3 aromatic heterocycles. The molecule has 2 aliphatic heterocycles. The van der Waals surface area contributed by atoms with Crippen molar-refractivity contribution in [2.75, 3.05) is 63.6 Å². The Morgan fingerprint density at radius 2 is 1.83 bits per heavy atom. The maximum absolute atomic E-state index is 13.3. The first-order valence-electron chi connectivity index (χ1n) is 11.6. The Balaban J connectivity index is 1.39. The molecule has 1 aromatic carbocycles. The number of amides is 1. The second-order valence-electron chi connectivity index (χ2n) is 8.73. The van der Waals surface area contributed by atoms with E-state index >= 15 is 0 Å². The van der Waals surface area contributed by atoms with Gasteiger partial charge in [0.1, 0.15) is 4.70 Å². The second kappa shape index (κ2) is 9.03. The number of H-pyrrole nitrogens is 1. The lowest BCUT2D eigenvalue weighted by atomic mass is 10.1. The maximum Gasteiger partial charge on any atom is 0.283 e. The molecule has 0 unspecified atom stereocenters. The first-order valence-corrected chi connectivity index (χ1v) is 14.2. The lowest BCUT2D eigenvalue weighted by Gasteiger charge is -2.32. The van der Waals surface area contributed by atoms with Crippen LogP contribution in [0.2, 0.25) is 0 Å². The van der Waals surface area contributed by atoms with Crippen molar-refractivity contribution in [3.8, 4) is 11.4 Å². The fourth-order valence-electron chi connectivity index (χ4n) is 4.53. The van der Waals surface area contributed by atoms with Gasteiger partial charge in [-0.15, -0.1) is 11.3 Å². The number of ether oxygens (including phenoxy) is 1. The first kappa shape index (κ1) is 23.2. The molecule has 4 aromatic rings. The van der Waals surface area contributed by atoms with Crippen LogP contribution in [0.15, 0.2) is 24.4 Å². The highest BCUT2D eigenvalue weighted by Gasteiger charge is 2.29. The summed E-state index contributed by atoms with van der Waals surface area (Å²) in [6.07, 6.45) is 2.93. The number of thiazole rings is 1. The monoisotopic (exact) mass is 528 g/mol. The van der Waals surface area contributed by atoms with E-state index in [0.717, 1.165) is 27.0 Å². The zero-order valence-electron chi connectivity index (χ0n) is 19.5. The molecule has 0 bridgehead atoms. The summed E-state index contributed by atoms with van der Waals surface area (Å²) < 4.78 is 31.3. The van der Waals surface area contributed by atoms with Gasteiger partial charge < -0.3 is 14.5 Å². The van der Waals surface area contributed by atoms with Crippen LogP contribution in [-0.4, -0.2) is 107 Å². The number of hydrogen-bond acceptors (Lipinski definition) is 10. The van der Waals surface area contributed by atoms with Crippen molar-refractivity contribution >= 4 is 54.3 Å². The topological polar surface area (TPSA) is 138 Å². The normalized spacial score (nSPS) is 17.8. The highest BCUT2D eigenvalue weighted by atomic mass is 32.2. The third-order valence-corrected chi connectivity index (χ3v) is 8.78. The van der Waals surface area contributed by atoms with Gasteiger partial charge in [0.05, 0.1) is 31.2 Å². The van der Waals surface area contributed by atoms with Gasteiger partial charge in [-0.25, -0.2) is 23.4 Å². The Bertz CT molecular complexity index is 1550. The smallest absolute Gasteiger partial charge is 0.283 e. The summed E-state index contributed by atoms with van der Waals surface area (Å²) in [7, 11) is -3.28. The van der Waals surface area contributed by atoms with Gasteiger partial charge in [-0.3, -0.25) is 9.89 Å². The summed E-state index contributed by atoms with van der Waals surface area (Å²) in [5, 5.41) is 8.35. The van der Waals surface area contributed by atoms with Crippen LogP contribution in [0, 0.1) is 0 Å². The van der Waals surface area contributed by atoms with Gasteiger partial charge in [0.25, 0.3) is 5.91 Å². The van der Waals surface area contributed by atoms with E-state index < -0.39 is 10.0 Å². The van der Waals surface area contributed by atoms with Crippen molar-refractivity contribution in [2.45, 2.75) is 0 Å². The Morgan fingerprint density at radius 1 is 1.06 bits per heavy atom. The van der Waals surface area contributed by atoms with E-state index in [4.69, 9.17) is 14.7 Å². The standard InChI is InChI=1S/C22H24N8O4S2/c1-36(32,33)30-7-5-29(6-8-30)22(31)21-26-19-17(35-21)20(28-9-11-34-12-10-28)25-18(24-19)14-3-2-4-16-15(14)13-23-27-16/h2-4,13H,5-12H2,1H3,(H,23,27). The Kier molecular flexibility index (Phi) is 5.82. The minimum atomic E-state index is -3.28. The molecule has 14 heteroatoms. The number of sulfonamides is 1. The molecule has 2 aliphatic rings. The van der Waals surface area contributed by atoms with Crippen LogP contribution < -0.4 is 4.90 Å². The van der Waals surface area contributed by atoms with Gasteiger partial charge in [-0.05, 0) is 6.07 Å². The largest absolute Gasteiger partial charge is 0.378 e. The molecule has 2 saturated heterocycles. The lowest BCUT2D eigenvalue weighted by Crippen LogP contribution is -2.50. The van der Waals surface area contributed by atoms with Crippen molar-refractivity contribution in [1.29, 1.82) is 0 Å². The predicted octanol–water partition coefficient (Wildman–Crippen LogP) is 1.18. The van der Waals surface area contributed by atoms with Crippen LogP contribution in [0.1, 0.15) is 9.80 Å². The number of nitrogens with one attached hydrogen (secondary N) is 1. The number of piperazine rings is 1. The molecule has 188 valence electrons. The number of aromatic amines is 1. The van der Waals surface area contributed by atoms with Crippen molar-refractivity contribution in [3.63, 3.8) is 0 Å². The molecule has 0 saturated carbocycles.